The van der Waals surface area contributed by atoms with E-state index in [1.54, 1.807) is 11.8 Å². The third-order valence-corrected chi connectivity index (χ3v) is 3.95. The molecular weight excluding hydrogens is 338 g/mol. The molecule has 0 aliphatic carbocycles. The van der Waals surface area contributed by atoms with Crippen LogP contribution in [0.3, 0.4) is 0 Å². The summed E-state index contributed by atoms with van der Waals surface area (Å²) >= 11 is 6.69. The van der Waals surface area contributed by atoms with Gasteiger partial charge in [-0.3, -0.25) is 0 Å². The Bertz CT molecular complexity index is 499. The molecule has 0 amide bonds. The zero-order valence-electron chi connectivity index (χ0n) is 8.52. The van der Waals surface area contributed by atoms with Gasteiger partial charge in [0, 0.05) is 0 Å². The highest BCUT2D eigenvalue weighted by molar-refractivity contribution is 9.13. The summed E-state index contributed by atoms with van der Waals surface area (Å²) in [7, 11) is 1.65. The quantitative estimate of drug-likeness (QED) is 0.857. The van der Waals surface area contributed by atoms with Crippen LogP contribution in [0, 0.1) is 0 Å². The highest BCUT2D eigenvalue weighted by Gasteiger charge is 2.07. The molecule has 0 fully saturated rings. The van der Waals surface area contributed by atoms with Gasteiger partial charge in [-0.15, -0.1) is 5.10 Å². The van der Waals surface area contributed by atoms with Gasteiger partial charge in [-0.05, 0) is 49.6 Å². The van der Waals surface area contributed by atoms with Crippen LogP contribution in [0.15, 0.2) is 33.5 Å². The molecule has 6 heteroatoms. The van der Waals surface area contributed by atoms with Crippen LogP contribution in [0.2, 0.25) is 0 Å². The van der Waals surface area contributed by atoms with Crippen LogP contribution >= 0.6 is 31.9 Å². The van der Waals surface area contributed by atoms with Gasteiger partial charge in [0.15, 0.2) is 4.60 Å². The summed E-state index contributed by atoms with van der Waals surface area (Å²) in [5, 5.41) is 7.90. The lowest BCUT2D eigenvalue weighted by molar-refractivity contribution is 0.414. The lowest BCUT2D eigenvalue weighted by Gasteiger charge is -2.04. The smallest absolute Gasteiger partial charge is 0.162 e. The van der Waals surface area contributed by atoms with Gasteiger partial charge in [0.2, 0.25) is 0 Å². The fraction of sp³-hybridized carbons (Fsp3) is 0.200. The van der Waals surface area contributed by atoms with Gasteiger partial charge in [-0.25, -0.2) is 4.68 Å². The minimum Gasteiger partial charge on any atom is -0.497 e. The normalized spacial score (nSPS) is 10.4. The minimum atomic E-state index is 0.649. The van der Waals surface area contributed by atoms with E-state index in [2.05, 4.69) is 42.2 Å². The van der Waals surface area contributed by atoms with E-state index in [0.29, 0.717) is 11.1 Å². The Kier molecular flexibility index (Phi) is 3.60. The van der Waals surface area contributed by atoms with Crippen molar-refractivity contribution in [1.82, 2.24) is 15.0 Å². The van der Waals surface area contributed by atoms with Gasteiger partial charge in [0.25, 0.3) is 0 Å². The summed E-state index contributed by atoms with van der Waals surface area (Å²) in [6.45, 7) is 0.649. The summed E-state index contributed by atoms with van der Waals surface area (Å²) in [5.74, 6) is 0.841. The van der Waals surface area contributed by atoms with Gasteiger partial charge < -0.3 is 4.74 Å². The second kappa shape index (κ2) is 4.97. The Balaban J connectivity index is 2.23. The Hall–Kier alpha value is -0.880. The lowest BCUT2D eigenvalue weighted by Crippen LogP contribution is -2.02. The molecule has 2 aromatic rings. The monoisotopic (exact) mass is 345 g/mol. The number of halogens is 2. The third-order valence-electron chi connectivity index (χ3n) is 2.10. The van der Waals surface area contributed by atoms with Gasteiger partial charge in [-0.1, -0.05) is 17.3 Å². The Morgan fingerprint density at radius 3 is 2.81 bits per heavy atom. The molecule has 0 saturated carbocycles. The maximum Gasteiger partial charge on any atom is 0.162 e. The average molecular weight is 347 g/mol. The lowest BCUT2D eigenvalue weighted by atomic mass is 10.2. The highest BCUT2D eigenvalue weighted by Crippen LogP contribution is 2.21. The van der Waals surface area contributed by atoms with Crippen LogP contribution in [-0.2, 0) is 6.54 Å². The molecule has 0 bridgehead atoms. The summed E-state index contributed by atoms with van der Waals surface area (Å²) < 4.78 is 8.46. The van der Waals surface area contributed by atoms with E-state index in [4.69, 9.17) is 4.74 Å². The van der Waals surface area contributed by atoms with Crippen molar-refractivity contribution in [3.63, 3.8) is 0 Å². The molecule has 1 aromatic carbocycles. The zero-order chi connectivity index (χ0) is 11.5. The number of benzene rings is 1. The van der Waals surface area contributed by atoms with E-state index in [9.17, 15) is 0 Å². The molecule has 0 radical (unpaired) electrons. The van der Waals surface area contributed by atoms with Crippen LogP contribution in [-0.4, -0.2) is 22.1 Å². The second-order valence-corrected chi connectivity index (χ2v) is 4.68. The molecule has 0 saturated heterocycles. The summed E-state index contributed by atoms with van der Waals surface area (Å²) in [6, 6.07) is 7.86. The predicted molar refractivity (Wildman–Crippen MR) is 67.5 cm³/mol. The predicted octanol–water partition coefficient (Wildman–Crippen LogP) is 2.86. The first-order valence-corrected chi connectivity index (χ1v) is 6.16. The Morgan fingerprint density at radius 2 is 2.19 bits per heavy atom. The van der Waals surface area contributed by atoms with Crippen molar-refractivity contribution < 1.29 is 4.74 Å². The standard InChI is InChI=1S/C10H9Br2N3O/c1-16-8-4-2-3-7(5-8)6-15-10(12)9(11)13-14-15/h2-5H,6H2,1H3. The third kappa shape index (κ3) is 2.44. The molecule has 84 valence electrons. The molecule has 1 aromatic heterocycles. The van der Waals surface area contributed by atoms with E-state index in [-0.39, 0.29) is 0 Å². The topological polar surface area (TPSA) is 39.9 Å². The molecule has 2 rings (SSSR count). The van der Waals surface area contributed by atoms with Crippen LogP contribution < -0.4 is 4.74 Å². The molecule has 0 atom stereocenters. The maximum absolute atomic E-state index is 5.16. The van der Waals surface area contributed by atoms with Gasteiger partial charge in [-0.2, -0.15) is 0 Å². The zero-order valence-corrected chi connectivity index (χ0v) is 11.7. The fourth-order valence-corrected chi connectivity index (χ4v) is 1.88. The van der Waals surface area contributed by atoms with Crippen molar-refractivity contribution in [1.29, 1.82) is 0 Å². The first-order chi connectivity index (χ1) is 7.70. The van der Waals surface area contributed by atoms with Crippen LogP contribution in [0.4, 0.5) is 0 Å². The van der Waals surface area contributed by atoms with Crippen LogP contribution in [0.5, 0.6) is 5.75 Å². The number of methoxy groups -OCH3 is 1. The molecular formula is C10H9Br2N3O. The van der Waals surface area contributed by atoms with Gasteiger partial charge in [0.1, 0.15) is 10.4 Å². The van der Waals surface area contributed by atoms with Gasteiger partial charge in [0.05, 0.1) is 13.7 Å². The summed E-state index contributed by atoms with van der Waals surface area (Å²) in [6.07, 6.45) is 0. The number of rotatable bonds is 3. The summed E-state index contributed by atoms with van der Waals surface area (Å²) in [5.41, 5.74) is 1.11. The number of nitrogens with zero attached hydrogens (tertiary/aromatic N) is 3. The van der Waals surface area contributed by atoms with E-state index in [0.717, 1.165) is 15.9 Å². The summed E-state index contributed by atoms with van der Waals surface area (Å²) in [4.78, 5) is 0. The molecule has 4 nitrogen and oxygen atoms in total. The molecule has 0 spiro atoms. The second-order valence-electron chi connectivity index (χ2n) is 3.18. The number of hydrogen-bond donors (Lipinski definition) is 0. The number of hydrogen-bond acceptors (Lipinski definition) is 3. The largest absolute Gasteiger partial charge is 0.497 e. The fourth-order valence-electron chi connectivity index (χ4n) is 1.33. The minimum absolute atomic E-state index is 0.649. The highest BCUT2D eigenvalue weighted by atomic mass is 79.9. The van der Waals surface area contributed by atoms with Crippen LogP contribution in [0.25, 0.3) is 0 Å². The van der Waals surface area contributed by atoms with Crippen LogP contribution in [0.1, 0.15) is 5.56 Å². The molecule has 0 N–H and O–H groups in total. The molecule has 0 aliphatic heterocycles. The van der Waals surface area contributed by atoms with Crippen molar-refractivity contribution in [2.24, 2.45) is 0 Å². The molecule has 1 heterocycles. The van der Waals surface area contributed by atoms with Crippen molar-refractivity contribution >= 4 is 31.9 Å². The Morgan fingerprint density at radius 1 is 1.38 bits per heavy atom. The first kappa shape index (κ1) is 11.6. The Labute approximate surface area is 110 Å². The van der Waals surface area contributed by atoms with E-state index in [1.807, 2.05) is 24.3 Å². The molecule has 16 heavy (non-hydrogen) atoms. The number of aromatic nitrogens is 3. The van der Waals surface area contributed by atoms with E-state index < -0.39 is 0 Å². The van der Waals surface area contributed by atoms with E-state index in [1.165, 1.54) is 0 Å². The van der Waals surface area contributed by atoms with Crippen molar-refractivity contribution in [2.75, 3.05) is 7.11 Å². The van der Waals surface area contributed by atoms with Crippen molar-refractivity contribution in [3.05, 3.63) is 39.0 Å². The van der Waals surface area contributed by atoms with Crippen molar-refractivity contribution in [3.8, 4) is 5.75 Å². The molecule has 0 aliphatic rings. The first-order valence-electron chi connectivity index (χ1n) is 4.58. The van der Waals surface area contributed by atoms with Crippen molar-refractivity contribution in [2.45, 2.75) is 6.54 Å². The average Bonchev–Trinajstić information content (AvgIpc) is 2.61. The SMILES string of the molecule is COc1cccc(Cn2nnc(Br)c2Br)c1. The number of ether oxygens (including phenoxy) is 1. The van der Waals surface area contributed by atoms with Gasteiger partial charge >= 0.3 is 0 Å². The van der Waals surface area contributed by atoms with E-state index >= 15 is 0 Å². The maximum atomic E-state index is 5.16. The molecule has 0 unspecified atom stereocenters.